The predicted molar refractivity (Wildman–Crippen MR) is 233 cm³/mol. The third kappa shape index (κ3) is 31.5. The van der Waals surface area contributed by atoms with E-state index in [1.807, 2.05) is 60.5 Å². The van der Waals surface area contributed by atoms with Gasteiger partial charge in [-0.25, -0.2) is 4.79 Å². The Labute approximate surface area is 347 Å². The largest absolute Gasteiger partial charge is 0.355 e. The first-order chi connectivity index (χ1) is 27.1. The van der Waals surface area contributed by atoms with Gasteiger partial charge < -0.3 is 35.3 Å². The standard InChI is InChI=1S/C26H49BFN5O4.C5H8O2.C4H7NO.C3H8.2C2H6/c1-18(2)16-21(19(3)34)37-33(28)23-14-11-15-32(23)25(35)24(20-12-9-8-10-13-20)30-26(36)29-22(27(4)5)17-31(6)7;6-4-2-1-3-5-7;1-2-3-5-4-6;1-3-2;2*1-2/h18,20-24H,8-17H2,1-7H3,(H2,29,30,36);4-5H,1-3H2;2,4H,1,3H2,(H,5,6);3H2,1-2H3;2*1-2H3. The molecule has 1 aliphatic carbocycles. The maximum Gasteiger partial charge on any atom is 0.315 e. The number of nitrogens with one attached hydrogen (secondary N) is 3. The molecule has 57 heavy (non-hydrogen) atoms. The monoisotopic (exact) mass is 815 g/mol. The van der Waals surface area contributed by atoms with E-state index in [-0.39, 0.29) is 47.5 Å². The molecule has 15 heteroatoms. The molecule has 1 saturated heterocycles. The fourth-order valence-electron chi connectivity index (χ4n) is 5.73. The van der Waals surface area contributed by atoms with Gasteiger partial charge in [0.2, 0.25) is 12.3 Å². The van der Waals surface area contributed by atoms with Gasteiger partial charge in [0.1, 0.15) is 30.9 Å². The van der Waals surface area contributed by atoms with Crippen LogP contribution in [0.25, 0.3) is 0 Å². The van der Waals surface area contributed by atoms with Crippen molar-refractivity contribution in [1.29, 1.82) is 0 Å². The maximum atomic E-state index is 15.3. The molecule has 2 rings (SSSR count). The van der Waals surface area contributed by atoms with E-state index in [9.17, 15) is 28.8 Å². The number of amides is 4. The molecule has 4 amide bonds. The van der Waals surface area contributed by atoms with Gasteiger partial charge in [0.15, 0.2) is 12.5 Å². The van der Waals surface area contributed by atoms with Crippen molar-refractivity contribution in [2.75, 3.05) is 33.7 Å². The van der Waals surface area contributed by atoms with Crippen LogP contribution in [0.2, 0.25) is 13.6 Å². The molecular weight excluding hydrogens is 730 g/mol. The molecule has 4 atom stereocenters. The molecule has 1 aliphatic heterocycles. The molecule has 0 aromatic heterocycles. The molecule has 0 radical (unpaired) electrons. The number of likely N-dealkylation sites (N-methyl/N-ethyl adjacent to an activating group) is 1. The van der Waals surface area contributed by atoms with Crippen LogP contribution in [0.3, 0.4) is 0 Å². The first kappa shape index (κ1) is 60.5. The summed E-state index contributed by atoms with van der Waals surface area (Å²) >= 11 is 0. The lowest BCUT2D eigenvalue weighted by Gasteiger charge is -2.36. The summed E-state index contributed by atoms with van der Waals surface area (Å²) in [5.41, 5.74) is 0. The fraction of sp³-hybridized carbons (Fsp3) is 0.810. The molecule has 0 spiro atoms. The van der Waals surface area contributed by atoms with Gasteiger partial charge in [0, 0.05) is 43.7 Å². The molecule has 0 aromatic carbocycles. The van der Waals surface area contributed by atoms with Crippen LogP contribution in [0.1, 0.15) is 139 Å². The predicted octanol–water partition coefficient (Wildman–Crippen LogP) is 7.47. The van der Waals surface area contributed by atoms with Gasteiger partial charge in [0.25, 0.3) is 0 Å². The lowest BCUT2D eigenvalue weighted by molar-refractivity contribution is -0.337. The van der Waals surface area contributed by atoms with Gasteiger partial charge in [-0.05, 0) is 71.4 Å². The summed E-state index contributed by atoms with van der Waals surface area (Å²) < 4.78 is 15.3. The van der Waals surface area contributed by atoms with Crippen molar-refractivity contribution < 1.29 is 38.1 Å². The molecule has 4 unspecified atom stereocenters. The van der Waals surface area contributed by atoms with Gasteiger partial charge in [0.05, 0.1) is 0 Å². The highest BCUT2D eigenvalue weighted by atomic mass is 19.2. The highest BCUT2D eigenvalue weighted by Gasteiger charge is 2.42. The van der Waals surface area contributed by atoms with E-state index >= 15 is 4.48 Å². The second-order valence-electron chi connectivity index (χ2n) is 14.7. The highest BCUT2D eigenvalue weighted by molar-refractivity contribution is 6.58. The molecule has 3 N–H and O–H groups in total. The Bertz CT molecular complexity index is 1020. The summed E-state index contributed by atoms with van der Waals surface area (Å²) in [5, 5.41) is 8.61. The van der Waals surface area contributed by atoms with Crippen molar-refractivity contribution in [2.24, 2.45) is 11.8 Å². The Kier molecular flexibility index (Phi) is 43.5. The SMILES string of the molecule is C=CCNC=O.CB(C)C(CN(C)C)NC(=O)NC(C(=O)N1CCCC1N(F)OC(CC(C)C)C(C)=O)C1CCCCC1.CC.CC.CCC.O=CCCCC=O. The molecular formula is C42H84BFN6O7. The van der Waals surface area contributed by atoms with Crippen molar-refractivity contribution in [3.8, 4) is 0 Å². The first-order valence-electron chi connectivity index (χ1n) is 21.4. The van der Waals surface area contributed by atoms with Crippen LogP contribution in [0, 0.1) is 11.8 Å². The molecule has 0 bridgehead atoms. The van der Waals surface area contributed by atoms with Gasteiger partial charge in [-0.1, -0.05) is 101 Å². The summed E-state index contributed by atoms with van der Waals surface area (Å²) in [5.74, 6) is -0.449. The minimum absolute atomic E-state index is 0.000475. The van der Waals surface area contributed by atoms with E-state index in [0.717, 1.165) is 44.7 Å². The number of aldehydes is 2. The Morgan fingerprint density at radius 2 is 1.47 bits per heavy atom. The third-order valence-electron chi connectivity index (χ3n) is 8.45. The van der Waals surface area contributed by atoms with E-state index in [2.05, 4.69) is 50.0 Å². The minimum atomic E-state index is -0.922. The molecule has 1 saturated carbocycles. The van der Waals surface area contributed by atoms with E-state index < -0.39 is 18.3 Å². The number of hydroxylamine groups is 1. The Balaban J connectivity index is -0.000000581. The minimum Gasteiger partial charge on any atom is -0.355 e. The molecule has 334 valence electrons. The zero-order chi connectivity index (χ0) is 44.8. The Morgan fingerprint density at radius 1 is 0.930 bits per heavy atom. The third-order valence-corrected chi connectivity index (χ3v) is 8.45. The summed E-state index contributed by atoms with van der Waals surface area (Å²) in [7, 11) is 3.92. The quantitative estimate of drug-likeness (QED) is 0.0283. The number of carbonyl (C=O) groups is 6. The van der Waals surface area contributed by atoms with Crippen LogP contribution in [0.4, 0.5) is 9.28 Å². The van der Waals surface area contributed by atoms with E-state index in [0.29, 0.717) is 64.6 Å². The van der Waals surface area contributed by atoms with Crippen LogP contribution in [-0.4, -0.2) is 116 Å². The van der Waals surface area contributed by atoms with Crippen LogP contribution < -0.4 is 16.0 Å². The van der Waals surface area contributed by atoms with Crippen molar-refractivity contribution in [1.82, 2.24) is 31.0 Å². The normalized spacial score (nSPS) is 16.0. The van der Waals surface area contributed by atoms with Crippen molar-refractivity contribution in [3.63, 3.8) is 0 Å². The highest BCUT2D eigenvalue weighted by Crippen LogP contribution is 2.30. The lowest BCUT2D eigenvalue weighted by atomic mass is 9.48. The van der Waals surface area contributed by atoms with E-state index in [4.69, 9.17) is 4.84 Å². The summed E-state index contributed by atoms with van der Waals surface area (Å²) in [6.45, 7) is 26.9. The van der Waals surface area contributed by atoms with Crippen molar-refractivity contribution >= 4 is 43.4 Å². The van der Waals surface area contributed by atoms with Crippen LogP contribution in [0.15, 0.2) is 12.7 Å². The second-order valence-corrected chi connectivity index (χ2v) is 14.7. The number of urea groups is 1. The van der Waals surface area contributed by atoms with Crippen LogP contribution >= 0.6 is 0 Å². The average Bonchev–Trinajstić information content (AvgIpc) is 3.68. The number of Topliss-reactive ketones (excluding diaryl/α,β-unsaturated/α-hetero) is 1. The number of unbranched alkanes of at least 4 members (excludes halogenated alkanes) is 2. The fourth-order valence-corrected chi connectivity index (χ4v) is 5.73. The maximum absolute atomic E-state index is 15.3. The number of hydrogen-bond donors (Lipinski definition) is 3. The summed E-state index contributed by atoms with van der Waals surface area (Å²) in [4.78, 5) is 76.4. The summed E-state index contributed by atoms with van der Waals surface area (Å²) in [6, 6.07) is -1.11. The van der Waals surface area contributed by atoms with Gasteiger partial charge in [-0.3, -0.25) is 19.2 Å². The second kappa shape index (κ2) is 41.0. The topological polar surface area (TPSA) is 157 Å². The van der Waals surface area contributed by atoms with Gasteiger partial charge in [-0.2, -0.15) is 0 Å². The van der Waals surface area contributed by atoms with Gasteiger partial charge in [-0.15, -0.1) is 11.1 Å². The number of rotatable bonds is 20. The number of nitrogens with zero attached hydrogens (tertiary/aromatic N) is 3. The molecule has 2 fully saturated rings. The van der Waals surface area contributed by atoms with Gasteiger partial charge >= 0.3 is 6.03 Å². The van der Waals surface area contributed by atoms with Crippen molar-refractivity contribution in [3.05, 3.63) is 12.7 Å². The Hall–Kier alpha value is -3.17. The summed E-state index contributed by atoms with van der Waals surface area (Å²) in [6.07, 6.45) is 11.3. The van der Waals surface area contributed by atoms with Crippen molar-refractivity contribution in [2.45, 2.75) is 177 Å². The number of likely N-dealkylation sites (tertiary alicyclic amines) is 1. The number of halogens is 1. The number of carbonyl (C=O) groups excluding carboxylic acids is 6. The zero-order valence-electron chi connectivity index (χ0n) is 38.2. The van der Waals surface area contributed by atoms with E-state index in [1.165, 1.54) is 18.2 Å². The van der Waals surface area contributed by atoms with Crippen LogP contribution in [-0.2, 0) is 28.8 Å². The lowest BCUT2D eigenvalue weighted by Crippen LogP contribution is -2.60. The van der Waals surface area contributed by atoms with E-state index in [1.54, 1.807) is 6.08 Å². The smallest absolute Gasteiger partial charge is 0.315 e. The zero-order valence-corrected chi connectivity index (χ0v) is 38.2. The molecule has 1 heterocycles. The number of hydrogen-bond acceptors (Lipinski definition) is 9. The Morgan fingerprint density at radius 3 is 1.88 bits per heavy atom. The first-order valence-corrected chi connectivity index (χ1v) is 21.4. The molecule has 0 aromatic rings. The molecule has 13 nitrogen and oxygen atoms in total. The average molecular weight is 815 g/mol. The molecule has 2 aliphatic rings. The van der Waals surface area contributed by atoms with Crippen LogP contribution in [0.5, 0.6) is 0 Å². The number of ketones is 1.